The van der Waals surface area contributed by atoms with Crippen LogP contribution in [0.25, 0.3) is 5.65 Å². The zero-order chi connectivity index (χ0) is 14.8. The third kappa shape index (κ3) is 3.10. The van der Waals surface area contributed by atoms with E-state index in [4.69, 9.17) is 11.6 Å². The molecule has 0 saturated carbocycles. The highest BCUT2D eigenvalue weighted by Gasteiger charge is 2.12. The molecule has 1 N–H and O–H groups in total. The third-order valence-electron chi connectivity index (χ3n) is 3.32. The summed E-state index contributed by atoms with van der Waals surface area (Å²) < 4.78 is 2.90. The molecule has 0 radical (unpaired) electrons. The van der Waals surface area contributed by atoms with Gasteiger partial charge in [0.2, 0.25) is 0 Å². The lowest BCUT2D eigenvalue weighted by atomic mass is 10.2. The maximum atomic E-state index is 6.11. The van der Waals surface area contributed by atoms with E-state index in [0.29, 0.717) is 0 Å². The van der Waals surface area contributed by atoms with Gasteiger partial charge in [-0.25, -0.2) is 0 Å². The topological polar surface area (TPSA) is 42.2 Å². The quantitative estimate of drug-likeness (QED) is 0.760. The minimum atomic E-state index is 0.0878. The zero-order valence-electron chi connectivity index (χ0n) is 11.4. The molecule has 0 aliphatic rings. The lowest BCUT2D eigenvalue weighted by Crippen LogP contribution is -2.20. The van der Waals surface area contributed by atoms with E-state index < -0.39 is 0 Å². The van der Waals surface area contributed by atoms with Crippen molar-refractivity contribution < 1.29 is 0 Å². The van der Waals surface area contributed by atoms with Crippen molar-refractivity contribution in [3.63, 3.8) is 0 Å². The Labute approximate surface area is 136 Å². The second kappa shape index (κ2) is 6.13. The van der Waals surface area contributed by atoms with Crippen LogP contribution >= 0.6 is 27.5 Å². The number of aromatic nitrogens is 3. The van der Waals surface area contributed by atoms with Crippen LogP contribution in [-0.2, 0) is 6.54 Å². The summed E-state index contributed by atoms with van der Waals surface area (Å²) in [7, 11) is 0. The van der Waals surface area contributed by atoms with Crippen LogP contribution < -0.4 is 5.32 Å². The average Bonchev–Trinajstić information content (AvgIpc) is 2.92. The Kier molecular flexibility index (Phi) is 4.24. The number of hydrogen-bond acceptors (Lipinski definition) is 3. The predicted molar refractivity (Wildman–Crippen MR) is 87.4 cm³/mol. The first-order valence-electron chi connectivity index (χ1n) is 6.62. The van der Waals surface area contributed by atoms with E-state index >= 15 is 0 Å². The first kappa shape index (κ1) is 14.5. The molecule has 1 unspecified atom stereocenters. The maximum absolute atomic E-state index is 6.11. The lowest BCUT2D eigenvalue weighted by molar-refractivity contribution is 0.541. The summed E-state index contributed by atoms with van der Waals surface area (Å²) in [6, 6.07) is 11.9. The number of nitrogens with zero attached hydrogens (tertiary/aromatic N) is 3. The van der Waals surface area contributed by atoms with Crippen molar-refractivity contribution in [2.45, 2.75) is 19.5 Å². The van der Waals surface area contributed by atoms with Gasteiger partial charge in [0, 0.05) is 17.2 Å². The van der Waals surface area contributed by atoms with Crippen molar-refractivity contribution in [2.24, 2.45) is 0 Å². The molecule has 1 atom stereocenters. The van der Waals surface area contributed by atoms with Crippen molar-refractivity contribution in [3.05, 3.63) is 63.5 Å². The van der Waals surface area contributed by atoms with Gasteiger partial charge in [-0.2, -0.15) is 0 Å². The van der Waals surface area contributed by atoms with Gasteiger partial charge in [0.15, 0.2) is 11.5 Å². The standard InChI is InChI=1S/C15H14BrClN4/c1-10(15-20-19-14-4-2-3-7-21(14)15)18-9-11-5-6-12(16)13(17)8-11/h2-8,10,18H,9H2,1H3. The number of hydrogen-bond donors (Lipinski definition) is 1. The van der Waals surface area contributed by atoms with Gasteiger partial charge < -0.3 is 5.32 Å². The fourth-order valence-corrected chi connectivity index (χ4v) is 2.62. The SMILES string of the molecule is CC(NCc1ccc(Br)c(Cl)c1)c1nnc2ccccn12. The second-order valence-corrected chi connectivity index (χ2v) is 6.10. The first-order valence-corrected chi connectivity index (χ1v) is 7.79. The minimum Gasteiger partial charge on any atom is -0.303 e. The Bertz CT molecular complexity index is 771. The van der Waals surface area contributed by atoms with Gasteiger partial charge >= 0.3 is 0 Å². The van der Waals surface area contributed by atoms with Gasteiger partial charge in [-0.1, -0.05) is 23.7 Å². The number of benzene rings is 1. The highest BCUT2D eigenvalue weighted by Crippen LogP contribution is 2.23. The summed E-state index contributed by atoms with van der Waals surface area (Å²) in [5.74, 6) is 0.897. The van der Waals surface area contributed by atoms with E-state index in [0.717, 1.165) is 33.1 Å². The van der Waals surface area contributed by atoms with Gasteiger partial charge in [-0.15, -0.1) is 10.2 Å². The molecule has 0 saturated heterocycles. The molecule has 0 bridgehead atoms. The summed E-state index contributed by atoms with van der Waals surface area (Å²) in [5.41, 5.74) is 1.98. The Hall–Kier alpha value is -1.43. The largest absolute Gasteiger partial charge is 0.303 e. The van der Waals surface area contributed by atoms with Crippen LogP contribution in [0.2, 0.25) is 5.02 Å². The van der Waals surface area contributed by atoms with Crippen LogP contribution in [0.1, 0.15) is 24.4 Å². The number of rotatable bonds is 4. The summed E-state index contributed by atoms with van der Waals surface area (Å²) in [6.07, 6.45) is 1.97. The van der Waals surface area contributed by atoms with Crippen LogP contribution in [0.15, 0.2) is 47.1 Å². The van der Waals surface area contributed by atoms with Gasteiger partial charge in [-0.05, 0) is 52.7 Å². The summed E-state index contributed by atoms with van der Waals surface area (Å²) in [6.45, 7) is 2.79. The number of nitrogens with one attached hydrogen (secondary N) is 1. The van der Waals surface area contributed by atoms with Gasteiger partial charge in [0.05, 0.1) is 11.1 Å². The normalized spacial score (nSPS) is 12.7. The predicted octanol–water partition coefficient (Wildman–Crippen LogP) is 4.00. The summed E-state index contributed by atoms with van der Waals surface area (Å²) >= 11 is 9.50. The molecule has 3 aromatic rings. The molecule has 0 aliphatic heterocycles. The first-order chi connectivity index (χ1) is 10.1. The Morgan fingerprint density at radius 3 is 2.95 bits per heavy atom. The van der Waals surface area contributed by atoms with Crippen molar-refractivity contribution in [1.29, 1.82) is 0 Å². The van der Waals surface area contributed by atoms with E-state index in [1.165, 1.54) is 0 Å². The number of fused-ring (bicyclic) bond motifs is 1. The molecule has 3 rings (SSSR count). The van der Waals surface area contributed by atoms with Crippen molar-refractivity contribution in [1.82, 2.24) is 19.9 Å². The molecule has 2 aromatic heterocycles. The minimum absolute atomic E-state index is 0.0878. The smallest absolute Gasteiger partial charge is 0.160 e. The fourth-order valence-electron chi connectivity index (χ4n) is 2.17. The van der Waals surface area contributed by atoms with E-state index in [2.05, 4.69) is 38.4 Å². The van der Waals surface area contributed by atoms with E-state index in [9.17, 15) is 0 Å². The summed E-state index contributed by atoms with van der Waals surface area (Å²) in [4.78, 5) is 0. The molecule has 4 nitrogen and oxygen atoms in total. The molecule has 21 heavy (non-hydrogen) atoms. The van der Waals surface area contributed by atoms with Crippen LogP contribution in [0, 0.1) is 0 Å². The van der Waals surface area contributed by atoms with E-state index in [-0.39, 0.29) is 6.04 Å². The van der Waals surface area contributed by atoms with Crippen LogP contribution in [-0.4, -0.2) is 14.6 Å². The molecule has 0 aliphatic carbocycles. The molecule has 6 heteroatoms. The van der Waals surface area contributed by atoms with E-state index in [1.54, 1.807) is 0 Å². The fraction of sp³-hybridized carbons (Fsp3) is 0.200. The maximum Gasteiger partial charge on any atom is 0.160 e. The zero-order valence-corrected chi connectivity index (χ0v) is 13.8. The average molecular weight is 366 g/mol. The van der Waals surface area contributed by atoms with Crippen LogP contribution in [0.5, 0.6) is 0 Å². The highest BCUT2D eigenvalue weighted by molar-refractivity contribution is 9.10. The molecular formula is C15H14BrClN4. The third-order valence-corrected chi connectivity index (χ3v) is 4.56. The Balaban J connectivity index is 1.74. The van der Waals surface area contributed by atoms with Crippen LogP contribution in [0.3, 0.4) is 0 Å². The molecule has 0 amide bonds. The molecular weight excluding hydrogens is 352 g/mol. The van der Waals surface area contributed by atoms with Gasteiger partial charge in [0.1, 0.15) is 0 Å². The highest BCUT2D eigenvalue weighted by atomic mass is 79.9. The van der Waals surface area contributed by atoms with Gasteiger partial charge in [-0.3, -0.25) is 4.40 Å². The van der Waals surface area contributed by atoms with Gasteiger partial charge in [0.25, 0.3) is 0 Å². The second-order valence-electron chi connectivity index (χ2n) is 4.84. The van der Waals surface area contributed by atoms with Crippen molar-refractivity contribution >= 4 is 33.2 Å². The van der Waals surface area contributed by atoms with Crippen LogP contribution in [0.4, 0.5) is 0 Å². The monoisotopic (exact) mass is 364 g/mol. The molecule has 108 valence electrons. The van der Waals surface area contributed by atoms with Crippen molar-refractivity contribution in [3.8, 4) is 0 Å². The van der Waals surface area contributed by atoms with Crippen molar-refractivity contribution in [2.75, 3.05) is 0 Å². The number of halogens is 2. The lowest BCUT2D eigenvalue weighted by Gasteiger charge is -2.12. The summed E-state index contributed by atoms with van der Waals surface area (Å²) in [5, 5.41) is 12.6. The molecule has 0 spiro atoms. The Morgan fingerprint density at radius 1 is 1.29 bits per heavy atom. The molecule has 2 heterocycles. The molecule has 0 fully saturated rings. The molecule has 1 aromatic carbocycles. The number of pyridine rings is 1. The van der Waals surface area contributed by atoms with E-state index in [1.807, 2.05) is 47.0 Å². The Morgan fingerprint density at radius 2 is 2.14 bits per heavy atom.